The van der Waals surface area contributed by atoms with E-state index in [0.29, 0.717) is 43.8 Å². The smallest absolute Gasteiger partial charge is 0.290 e. The van der Waals surface area contributed by atoms with Gasteiger partial charge in [-0.2, -0.15) is 0 Å². The van der Waals surface area contributed by atoms with Gasteiger partial charge in [0.1, 0.15) is 5.54 Å². The lowest BCUT2D eigenvalue weighted by Crippen LogP contribution is -2.65. The summed E-state index contributed by atoms with van der Waals surface area (Å²) in [6.07, 6.45) is 3.99. The van der Waals surface area contributed by atoms with Crippen molar-refractivity contribution in [2.75, 3.05) is 20.3 Å². The molecular weight excluding hydrogens is 392 g/mol. The largest absolute Gasteiger partial charge is 0.385 e. The predicted octanol–water partition coefficient (Wildman–Crippen LogP) is 3.23. The lowest BCUT2D eigenvalue weighted by atomic mass is 9.77. The standard InChI is InChI=1S/C24H34N4O3/c1-16-9-7-11-18(17(16)2)26-23(30)24(3)15-27-20-12-6-5-10-19(20)25-21(27)22(29)28(24)13-8-14-31-4/h5-6,10,12,16-18H,7-9,11,13-15H2,1-4H3,(H,26,30)/t16-,17+,18-,24-/m1/s1. The van der Waals surface area contributed by atoms with Crippen molar-refractivity contribution in [3.05, 3.63) is 30.1 Å². The van der Waals surface area contributed by atoms with Gasteiger partial charge in [0.2, 0.25) is 5.91 Å². The van der Waals surface area contributed by atoms with Crippen LogP contribution in [-0.2, 0) is 16.1 Å². The van der Waals surface area contributed by atoms with Crippen molar-refractivity contribution < 1.29 is 14.3 Å². The number of imidazole rings is 1. The van der Waals surface area contributed by atoms with Crippen molar-refractivity contribution in [1.29, 1.82) is 0 Å². The maximum Gasteiger partial charge on any atom is 0.290 e. The van der Waals surface area contributed by atoms with Crippen LogP contribution in [0.25, 0.3) is 11.0 Å². The summed E-state index contributed by atoms with van der Waals surface area (Å²) >= 11 is 0. The second-order valence-electron chi connectivity index (χ2n) is 9.43. The van der Waals surface area contributed by atoms with E-state index < -0.39 is 5.54 Å². The van der Waals surface area contributed by atoms with Crippen LogP contribution in [0.1, 0.15) is 57.1 Å². The van der Waals surface area contributed by atoms with Crippen LogP contribution in [-0.4, -0.2) is 58.1 Å². The molecule has 0 unspecified atom stereocenters. The van der Waals surface area contributed by atoms with Gasteiger partial charge >= 0.3 is 0 Å². The molecule has 7 heteroatoms. The van der Waals surface area contributed by atoms with Gasteiger partial charge in [-0.15, -0.1) is 0 Å². The van der Waals surface area contributed by atoms with E-state index in [0.717, 1.165) is 23.9 Å². The molecule has 2 aromatic rings. The molecule has 1 N–H and O–H groups in total. The van der Waals surface area contributed by atoms with E-state index in [9.17, 15) is 9.59 Å². The van der Waals surface area contributed by atoms with E-state index in [1.54, 1.807) is 12.0 Å². The molecule has 0 saturated heterocycles. The number of hydrogen-bond acceptors (Lipinski definition) is 4. The molecule has 1 saturated carbocycles. The Kier molecular flexibility index (Phi) is 6.06. The lowest BCUT2D eigenvalue weighted by Gasteiger charge is -2.45. The van der Waals surface area contributed by atoms with Gasteiger partial charge in [0.25, 0.3) is 5.91 Å². The third-order valence-corrected chi connectivity index (χ3v) is 7.40. The summed E-state index contributed by atoms with van der Waals surface area (Å²) in [5.74, 6) is 1.14. The molecule has 7 nitrogen and oxygen atoms in total. The topological polar surface area (TPSA) is 76.5 Å². The first-order valence-corrected chi connectivity index (χ1v) is 11.4. The van der Waals surface area contributed by atoms with E-state index in [1.807, 2.05) is 35.8 Å². The molecule has 0 radical (unpaired) electrons. The number of amides is 2. The van der Waals surface area contributed by atoms with Crippen LogP contribution in [0, 0.1) is 11.8 Å². The summed E-state index contributed by atoms with van der Waals surface area (Å²) in [5.41, 5.74) is 0.685. The molecule has 1 aliphatic carbocycles. The molecule has 0 bridgehead atoms. The highest BCUT2D eigenvalue weighted by Gasteiger charge is 2.49. The zero-order valence-electron chi connectivity index (χ0n) is 19.1. The van der Waals surface area contributed by atoms with Gasteiger partial charge in [-0.3, -0.25) is 9.59 Å². The summed E-state index contributed by atoms with van der Waals surface area (Å²) in [6, 6.07) is 7.87. The van der Waals surface area contributed by atoms with Crippen LogP contribution in [0.2, 0.25) is 0 Å². The number of nitrogens with zero attached hydrogens (tertiary/aromatic N) is 3. The Morgan fingerprint density at radius 2 is 2.06 bits per heavy atom. The maximum absolute atomic E-state index is 13.7. The Morgan fingerprint density at radius 3 is 2.84 bits per heavy atom. The minimum atomic E-state index is -0.984. The van der Waals surface area contributed by atoms with Gasteiger partial charge in [-0.05, 0) is 43.7 Å². The first-order valence-electron chi connectivity index (χ1n) is 11.4. The Balaban J connectivity index is 1.68. The molecule has 1 aliphatic heterocycles. The molecule has 2 heterocycles. The molecule has 1 aromatic heterocycles. The monoisotopic (exact) mass is 426 g/mol. The number of fused-ring (bicyclic) bond motifs is 3. The van der Waals surface area contributed by atoms with Crippen LogP contribution in [0.5, 0.6) is 0 Å². The molecule has 168 valence electrons. The normalized spacial score (nSPS) is 28.6. The third-order valence-electron chi connectivity index (χ3n) is 7.40. The maximum atomic E-state index is 13.7. The number of aromatic nitrogens is 2. The zero-order chi connectivity index (χ0) is 22.2. The van der Waals surface area contributed by atoms with Gasteiger partial charge in [0.05, 0.1) is 17.6 Å². The van der Waals surface area contributed by atoms with Crippen molar-refractivity contribution in [3.63, 3.8) is 0 Å². The van der Waals surface area contributed by atoms with Gasteiger partial charge < -0.3 is 19.5 Å². The van der Waals surface area contributed by atoms with Crippen molar-refractivity contribution >= 4 is 22.8 Å². The number of carbonyl (C=O) groups excluding carboxylic acids is 2. The minimum absolute atomic E-state index is 0.0763. The highest BCUT2D eigenvalue weighted by atomic mass is 16.5. The van der Waals surface area contributed by atoms with E-state index in [4.69, 9.17) is 4.74 Å². The van der Waals surface area contributed by atoms with Gasteiger partial charge in [0, 0.05) is 26.3 Å². The van der Waals surface area contributed by atoms with Crippen molar-refractivity contribution in [1.82, 2.24) is 19.8 Å². The summed E-state index contributed by atoms with van der Waals surface area (Å²) in [4.78, 5) is 33.5. The molecule has 0 spiro atoms. The summed E-state index contributed by atoms with van der Waals surface area (Å²) in [6.45, 7) is 7.76. The minimum Gasteiger partial charge on any atom is -0.385 e. The number of para-hydroxylation sites is 2. The highest BCUT2D eigenvalue weighted by Crippen LogP contribution is 2.33. The molecule has 2 amide bonds. The predicted molar refractivity (Wildman–Crippen MR) is 120 cm³/mol. The highest BCUT2D eigenvalue weighted by molar-refractivity contribution is 6.01. The fourth-order valence-corrected chi connectivity index (χ4v) is 5.16. The Bertz CT molecular complexity index is 971. The average Bonchev–Trinajstić information content (AvgIpc) is 3.12. The summed E-state index contributed by atoms with van der Waals surface area (Å²) < 4.78 is 7.12. The molecule has 2 aliphatic rings. The van der Waals surface area contributed by atoms with E-state index in [2.05, 4.69) is 24.1 Å². The number of nitrogens with one attached hydrogen (secondary N) is 1. The summed E-state index contributed by atoms with van der Waals surface area (Å²) in [7, 11) is 1.65. The quantitative estimate of drug-likeness (QED) is 0.720. The molecule has 4 rings (SSSR count). The average molecular weight is 427 g/mol. The first-order chi connectivity index (χ1) is 14.9. The van der Waals surface area contributed by atoms with Crippen LogP contribution in [0.4, 0.5) is 0 Å². The van der Waals surface area contributed by atoms with E-state index in [-0.39, 0.29) is 17.9 Å². The number of methoxy groups -OCH3 is 1. The first kappa shape index (κ1) is 21.8. The SMILES string of the molecule is COCCCN1C(=O)c2nc3ccccc3n2C[C@]1(C)C(=O)N[C@@H]1CCC[C@@H](C)[C@@H]1C. The number of benzene rings is 1. The lowest BCUT2D eigenvalue weighted by molar-refractivity contribution is -0.134. The fourth-order valence-electron chi connectivity index (χ4n) is 5.16. The summed E-state index contributed by atoms with van der Waals surface area (Å²) in [5, 5.41) is 3.32. The number of carbonyl (C=O) groups is 2. The second kappa shape index (κ2) is 8.61. The Hall–Kier alpha value is -2.41. The van der Waals surface area contributed by atoms with Crippen LogP contribution < -0.4 is 5.32 Å². The number of ether oxygens (including phenoxy) is 1. The molecule has 31 heavy (non-hydrogen) atoms. The van der Waals surface area contributed by atoms with Crippen LogP contribution >= 0.6 is 0 Å². The zero-order valence-corrected chi connectivity index (χ0v) is 19.1. The fraction of sp³-hybridized carbons (Fsp3) is 0.625. The number of rotatable bonds is 6. The molecule has 1 fully saturated rings. The van der Waals surface area contributed by atoms with Crippen molar-refractivity contribution in [2.24, 2.45) is 11.8 Å². The Morgan fingerprint density at radius 1 is 1.29 bits per heavy atom. The van der Waals surface area contributed by atoms with E-state index >= 15 is 0 Å². The number of hydrogen-bond donors (Lipinski definition) is 1. The molecule has 1 aromatic carbocycles. The Labute approximate surface area is 184 Å². The van der Waals surface area contributed by atoms with Crippen molar-refractivity contribution in [3.8, 4) is 0 Å². The third kappa shape index (κ3) is 3.84. The van der Waals surface area contributed by atoms with E-state index in [1.165, 1.54) is 6.42 Å². The van der Waals surface area contributed by atoms with Gasteiger partial charge in [-0.1, -0.05) is 38.8 Å². The van der Waals surface area contributed by atoms with Gasteiger partial charge in [0.15, 0.2) is 5.82 Å². The molecular formula is C24H34N4O3. The van der Waals surface area contributed by atoms with Crippen LogP contribution in [0.15, 0.2) is 24.3 Å². The van der Waals surface area contributed by atoms with Gasteiger partial charge in [-0.25, -0.2) is 4.98 Å². The van der Waals surface area contributed by atoms with Crippen molar-refractivity contribution in [2.45, 2.75) is 64.6 Å². The molecule has 4 atom stereocenters. The second-order valence-corrected chi connectivity index (χ2v) is 9.43. The van der Waals surface area contributed by atoms with Crippen LogP contribution in [0.3, 0.4) is 0 Å².